The van der Waals surface area contributed by atoms with Crippen LogP contribution in [0.15, 0.2) is 41.0 Å². The largest absolute Gasteiger partial charge is 0.480 e. The molecular formula is C19H23BrN2O3. The van der Waals surface area contributed by atoms with E-state index in [0.717, 1.165) is 48.0 Å². The Balaban J connectivity index is 1.50. The third kappa shape index (κ3) is 5.16. The van der Waals surface area contributed by atoms with Gasteiger partial charge in [0.15, 0.2) is 0 Å². The number of halogens is 1. The van der Waals surface area contributed by atoms with Crippen molar-refractivity contribution in [1.29, 1.82) is 0 Å². The summed E-state index contributed by atoms with van der Waals surface area (Å²) in [4.78, 5) is 10.5. The minimum atomic E-state index is -0.896. The Hall–Kier alpha value is -1.66. The van der Waals surface area contributed by atoms with Crippen molar-refractivity contribution < 1.29 is 14.6 Å². The zero-order chi connectivity index (χ0) is 17.6. The number of aromatic nitrogens is 2. The average Bonchev–Trinajstić information content (AvgIpc) is 2.97. The second-order valence-electron chi connectivity index (χ2n) is 6.71. The van der Waals surface area contributed by atoms with Gasteiger partial charge < -0.3 is 9.84 Å². The number of benzene rings is 1. The highest BCUT2D eigenvalue weighted by Crippen LogP contribution is 2.31. The molecule has 25 heavy (non-hydrogen) atoms. The first-order chi connectivity index (χ1) is 12.1. The van der Waals surface area contributed by atoms with Gasteiger partial charge >= 0.3 is 5.97 Å². The summed E-state index contributed by atoms with van der Waals surface area (Å²) in [5.74, 6) is 0.207. The fraction of sp³-hybridized carbons (Fsp3) is 0.474. The molecule has 1 heterocycles. The number of rotatable bonds is 7. The maximum atomic E-state index is 10.5. The molecule has 0 radical (unpaired) electrons. The van der Waals surface area contributed by atoms with Crippen LogP contribution in [0, 0.1) is 11.8 Å². The van der Waals surface area contributed by atoms with Crippen molar-refractivity contribution in [2.45, 2.75) is 32.2 Å². The van der Waals surface area contributed by atoms with Crippen LogP contribution in [0.1, 0.15) is 25.7 Å². The van der Waals surface area contributed by atoms with Crippen LogP contribution in [0.5, 0.6) is 0 Å². The van der Waals surface area contributed by atoms with Crippen molar-refractivity contribution >= 4 is 21.9 Å². The molecule has 1 fully saturated rings. The van der Waals surface area contributed by atoms with Crippen LogP contribution in [0.2, 0.25) is 0 Å². The molecule has 0 atom stereocenters. The predicted octanol–water partition coefficient (Wildman–Crippen LogP) is 4.22. The first-order valence-electron chi connectivity index (χ1n) is 8.69. The average molecular weight is 407 g/mol. The molecule has 3 rings (SSSR count). The van der Waals surface area contributed by atoms with Crippen LogP contribution in [-0.2, 0) is 16.1 Å². The zero-order valence-electron chi connectivity index (χ0n) is 14.1. The number of carboxylic acid groups (broad SMARTS) is 1. The molecule has 1 aliphatic carbocycles. The van der Waals surface area contributed by atoms with Crippen molar-refractivity contribution in [3.63, 3.8) is 0 Å². The van der Waals surface area contributed by atoms with Gasteiger partial charge in [-0.15, -0.1) is 0 Å². The number of ether oxygens (including phenoxy) is 1. The number of carbonyl (C=O) groups is 1. The number of carboxylic acids is 1. The first-order valence-corrected chi connectivity index (χ1v) is 9.49. The molecule has 0 bridgehead atoms. The van der Waals surface area contributed by atoms with Gasteiger partial charge in [-0.2, -0.15) is 5.10 Å². The van der Waals surface area contributed by atoms with Crippen molar-refractivity contribution in [3.8, 4) is 11.3 Å². The Bertz CT molecular complexity index is 694. The molecule has 0 aliphatic heterocycles. The number of aliphatic carboxylic acids is 1. The fourth-order valence-corrected chi connectivity index (χ4v) is 3.98. The first kappa shape index (κ1) is 18.1. The molecule has 134 valence electrons. The summed E-state index contributed by atoms with van der Waals surface area (Å²) in [6.07, 6.45) is 6.53. The monoisotopic (exact) mass is 406 g/mol. The van der Waals surface area contributed by atoms with Crippen LogP contribution in [-0.4, -0.2) is 34.1 Å². The van der Waals surface area contributed by atoms with Gasteiger partial charge in [-0.25, -0.2) is 4.79 Å². The van der Waals surface area contributed by atoms with Gasteiger partial charge in [0.1, 0.15) is 12.3 Å². The molecule has 5 nitrogen and oxygen atoms in total. The van der Waals surface area contributed by atoms with E-state index in [2.05, 4.69) is 34.3 Å². The number of hydrogen-bond donors (Lipinski definition) is 1. The van der Waals surface area contributed by atoms with Gasteiger partial charge in [0.05, 0.1) is 11.1 Å². The van der Waals surface area contributed by atoms with Crippen molar-refractivity contribution in [2.75, 3.05) is 13.2 Å². The molecule has 1 aromatic carbocycles. The highest BCUT2D eigenvalue weighted by atomic mass is 79.9. The topological polar surface area (TPSA) is 64.3 Å². The summed E-state index contributed by atoms with van der Waals surface area (Å²) in [5, 5.41) is 13.4. The SMILES string of the molecule is O=C(O)COCC1CCC(Cn2cc(Br)c(-c3ccccc3)n2)CC1. The zero-order valence-corrected chi connectivity index (χ0v) is 15.7. The van der Waals surface area contributed by atoms with Crippen LogP contribution in [0.3, 0.4) is 0 Å². The van der Waals surface area contributed by atoms with Crippen molar-refractivity contribution in [2.24, 2.45) is 11.8 Å². The van der Waals surface area contributed by atoms with Gasteiger partial charge in [-0.1, -0.05) is 30.3 Å². The van der Waals surface area contributed by atoms with Crippen LogP contribution in [0.25, 0.3) is 11.3 Å². The lowest BCUT2D eigenvalue weighted by molar-refractivity contribution is -0.142. The Labute approximate surface area is 156 Å². The summed E-state index contributed by atoms with van der Waals surface area (Å²) in [6.45, 7) is 1.29. The van der Waals surface area contributed by atoms with Gasteiger partial charge in [-0.3, -0.25) is 4.68 Å². The van der Waals surface area contributed by atoms with E-state index >= 15 is 0 Å². The Morgan fingerprint density at radius 1 is 1.20 bits per heavy atom. The Kier molecular flexibility index (Phi) is 6.26. The van der Waals surface area contributed by atoms with Crippen LogP contribution >= 0.6 is 15.9 Å². The molecule has 0 spiro atoms. The second kappa shape index (κ2) is 8.63. The van der Waals surface area contributed by atoms with Crippen LogP contribution in [0.4, 0.5) is 0 Å². The van der Waals surface area contributed by atoms with Crippen molar-refractivity contribution in [1.82, 2.24) is 9.78 Å². The molecule has 6 heteroatoms. The third-order valence-electron chi connectivity index (χ3n) is 4.75. The number of nitrogens with zero attached hydrogens (tertiary/aromatic N) is 2. The smallest absolute Gasteiger partial charge is 0.329 e. The quantitative estimate of drug-likeness (QED) is 0.747. The lowest BCUT2D eigenvalue weighted by Gasteiger charge is -2.28. The summed E-state index contributed by atoms with van der Waals surface area (Å²) in [6, 6.07) is 10.2. The fourth-order valence-electron chi connectivity index (χ4n) is 3.44. The highest BCUT2D eigenvalue weighted by Gasteiger charge is 2.22. The minimum Gasteiger partial charge on any atom is -0.480 e. The van der Waals surface area contributed by atoms with E-state index in [0.29, 0.717) is 18.4 Å². The highest BCUT2D eigenvalue weighted by molar-refractivity contribution is 9.10. The standard InChI is InChI=1S/C19H23BrN2O3/c20-17-11-22(21-19(17)16-4-2-1-3-5-16)10-14-6-8-15(9-7-14)12-25-13-18(23)24/h1-5,11,14-15H,6-10,12-13H2,(H,23,24). The van der Waals surface area contributed by atoms with E-state index in [1.807, 2.05) is 22.9 Å². The summed E-state index contributed by atoms with van der Waals surface area (Å²) >= 11 is 3.62. The van der Waals surface area contributed by atoms with Crippen LogP contribution < -0.4 is 0 Å². The van der Waals surface area contributed by atoms with Gasteiger partial charge in [-0.05, 0) is 53.4 Å². The normalized spacial score (nSPS) is 20.5. The lowest BCUT2D eigenvalue weighted by atomic mass is 9.82. The van der Waals surface area contributed by atoms with Crippen molar-refractivity contribution in [3.05, 3.63) is 41.0 Å². The molecule has 1 saturated carbocycles. The molecule has 2 aromatic rings. The second-order valence-corrected chi connectivity index (χ2v) is 7.56. The third-order valence-corrected chi connectivity index (χ3v) is 5.34. The molecule has 1 aromatic heterocycles. The van der Waals surface area contributed by atoms with Gasteiger partial charge in [0.25, 0.3) is 0 Å². The molecule has 0 unspecified atom stereocenters. The Morgan fingerprint density at radius 2 is 1.88 bits per heavy atom. The Morgan fingerprint density at radius 3 is 2.56 bits per heavy atom. The van der Waals surface area contributed by atoms with E-state index in [1.165, 1.54) is 0 Å². The van der Waals surface area contributed by atoms with Gasteiger partial charge in [0.2, 0.25) is 0 Å². The molecule has 0 saturated heterocycles. The number of hydrogen-bond acceptors (Lipinski definition) is 3. The molecule has 1 aliphatic rings. The van der Waals surface area contributed by atoms with Gasteiger partial charge in [0, 0.05) is 18.3 Å². The van der Waals surface area contributed by atoms with E-state index in [9.17, 15) is 4.79 Å². The summed E-state index contributed by atoms with van der Waals surface area (Å²) < 4.78 is 8.30. The summed E-state index contributed by atoms with van der Waals surface area (Å²) in [7, 11) is 0. The maximum Gasteiger partial charge on any atom is 0.329 e. The maximum absolute atomic E-state index is 10.5. The lowest BCUT2D eigenvalue weighted by Crippen LogP contribution is -2.23. The minimum absolute atomic E-state index is 0.191. The molecule has 1 N–H and O–H groups in total. The van der Waals surface area contributed by atoms with E-state index in [-0.39, 0.29) is 6.61 Å². The van der Waals surface area contributed by atoms with E-state index in [4.69, 9.17) is 14.9 Å². The molecule has 0 amide bonds. The van der Waals surface area contributed by atoms with E-state index in [1.54, 1.807) is 0 Å². The molecular weight excluding hydrogens is 384 g/mol. The van der Waals surface area contributed by atoms with E-state index < -0.39 is 5.97 Å². The predicted molar refractivity (Wildman–Crippen MR) is 99.3 cm³/mol. The summed E-state index contributed by atoms with van der Waals surface area (Å²) in [5.41, 5.74) is 2.10.